The molecule has 3 heterocycles. The average molecular weight is 395 g/mol. The number of anilines is 1. The first-order chi connectivity index (χ1) is 14.1. The number of hydrogen-bond donors (Lipinski definition) is 1. The van der Waals surface area contributed by atoms with Gasteiger partial charge in [0.05, 0.1) is 5.69 Å². The van der Waals surface area contributed by atoms with Gasteiger partial charge in [-0.3, -0.25) is 9.59 Å². The summed E-state index contributed by atoms with van der Waals surface area (Å²) in [6.07, 6.45) is 5.99. The molecule has 1 saturated heterocycles. The van der Waals surface area contributed by atoms with Crippen molar-refractivity contribution in [3.63, 3.8) is 0 Å². The zero-order chi connectivity index (χ0) is 20.4. The van der Waals surface area contributed by atoms with E-state index in [4.69, 9.17) is 0 Å². The third-order valence-electron chi connectivity index (χ3n) is 6.09. The minimum atomic E-state index is -0.247. The number of aryl methyl sites for hydroxylation is 1. The van der Waals surface area contributed by atoms with Crippen molar-refractivity contribution in [2.75, 3.05) is 18.4 Å². The molecule has 1 unspecified atom stereocenters. The Hall–Kier alpha value is -2.63. The monoisotopic (exact) mass is 394 g/mol. The smallest absolute Gasteiger partial charge is 0.291 e. The van der Waals surface area contributed by atoms with Gasteiger partial charge in [0, 0.05) is 25.3 Å². The summed E-state index contributed by atoms with van der Waals surface area (Å²) < 4.78 is 1.96. The van der Waals surface area contributed by atoms with Gasteiger partial charge in [-0.25, -0.2) is 4.98 Å². The summed E-state index contributed by atoms with van der Waals surface area (Å²) in [4.78, 5) is 32.7. The Bertz CT molecular complexity index is 900. The van der Waals surface area contributed by atoms with Gasteiger partial charge in [-0.2, -0.15) is 0 Å². The van der Waals surface area contributed by atoms with Crippen LogP contribution in [0.25, 0.3) is 0 Å². The number of benzene rings is 1. The van der Waals surface area contributed by atoms with Gasteiger partial charge < -0.3 is 14.8 Å². The lowest BCUT2D eigenvalue weighted by Gasteiger charge is -2.30. The van der Waals surface area contributed by atoms with E-state index in [-0.39, 0.29) is 11.8 Å². The number of carbonyl (C=O) groups excluding carboxylic acids is 2. The molecule has 0 aliphatic carbocycles. The predicted octanol–water partition coefficient (Wildman–Crippen LogP) is 3.91. The molecule has 1 fully saturated rings. The molecule has 6 heteroatoms. The summed E-state index contributed by atoms with van der Waals surface area (Å²) >= 11 is 0. The van der Waals surface area contributed by atoms with Gasteiger partial charge >= 0.3 is 0 Å². The number of piperidine rings is 1. The molecule has 2 aliphatic heterocycles. The summed E-state index contributed by atoms with van der Waals surface area (Å²) in [7, 11) is 0. The molecule has 0 spiro atoms. The van der Waals surface area contributed by atoms with Crippen LogP contribution >= 0.6 is 0 Å². The van der Waals surface area contributed by atoms with Crippen molar-refractivity contribution < 1.29 is 9.59 Å². The van der Waals surface area contributed by atoms with Gasteiger partial charge in [-0.05, 0) is 62.1 Å². The second-order valence-corrected chi connectivity index (χ2v) is 8.34. The first-order valence-electron chi connectivity index (χ1n) is 10.9. The van der Waals surface area contributed by atoms with Crippen LogP contribution in [0, 0.1) is 5.92 Å². The number of amides is 2. The lowest BCUT2D eigenvalue weighted by atomic mass is 9.99. The highest BCUT2D eigenvalue weighted by Gasteiger charge is 2.31. The first-order valence-corrected chi connectivity index (χ1v) is 10.9. The molecule has 0 radical (unpaired) electrons. The summed E-state index contributed by atoms with van der Waals surface area (Å²) in [6, 6.07) is 7.86. The number of imidazole rings is 1. The van der Waals surface area contributed by atoms with E-state index in [9.17, 15) is 9.59 Å². The van der Waals surface area contributed by atoms with Crippen LogP contribution in [0.5, 0.6) is 0 Å². The fourth-order valence-electron chi connectivity index (χ4n) is 4.42. The molecule has 2 aliphatic rings. The summed E-state index contributed by atoms with van der Waals surface area (Å²) in [6.45, 7) is 6.58. The topological polar surface area (TPSA) is 67.2 Å². The molecule has 154 valence electrons. The number of carbonyl (C=O) groups is 2. The van der Waals surface area contributed by atoms with E-state index in [0.717, 1.165) is 69.5 Å². The van der Waals surface area contributed by atoms with Crippen molar-refractivity contribution in [2.24, 2.45) is 5.92 Å². The number of hydrogen-bond acceptors (Lipinski definition) is 3. The number of rotatable bonds is 4. The zero-order valence-corrected chi connectivity index (χ0v) is 17.4. The Labute approximate surface area is 172 Å². The highest BCUT2D eigenvalue weighted by atomic mass is 16.2. The van der Waals surface area contributed by atoms with E-state index in [1.54, 1.807) is 0 Å². The van der Waals surface area contributed by atoms with E-state index in [1.165, 1.54) is 5.56 Å². The number of nitrogens with one attached hydrogen (secondary N) is 1. The quantitative estimate of drug-likeness (QED) is 0.855. The van der Waals surface area contributed by atoms with Crippen LogP contribution in [-0.2, 0) is 19.4 Å². The number of fused-ring (bicyclic) bond motifs is 1. The molecular weight excluding hydrogens is 364 g/mol. The number of likely N-dealkylation sites (tertiary alicyclic amines) is 1. The van der Waals surface area contributed by atoms with Crippen LogP contribution in [0.4, 0.5) is 5.69 Å². The Morgan fingerprint density at radius 3 is 2.66 bits per heavy atom. The van der Waals surface area contributed by atoms with E-state index in [2.05, 4.69) is 24.1 Å². The average Bonchev–Trinajstić information content (AvgIpc) is 3.13. The van der Waals surface area contributed by atoms with Gasteiger partial charge in [0.15, 0.2) is 5.82 Å². The van der Waals surface area contributed by atoms with Crippen molar-refractivity contribution in [2.45, 2.75) is 58.9 Å². The van der Waals surface area contributed by atoms with Crippen LogP contribution in [0.3, 0.4) is 0 Å². The maximum Gasteiger partial charge on any atom is 0.291 e. The highest BCUT2D eigenvalue weighted by Crippen LogP contribution is 2.25. The zero-order valence-electron chi connectivity index (χ0n) is 17.4. The Balaban J connectivity index is 1.60. The minimum absolute atomic E-state index is 0.0199. The Kier molecular flexibility index (Phi) is 5.69. The predicted molar refractivity (Wildman–Crippen MR) is 113 cm³/mol. The SMILES string of the molecule is CCc1ccc(NC(=O)c2nc(C(=O)N3CCCC(C)C3)c3n2CCCC3)cc1. The van der Waals surface area contributed by atoms with Crippen molar-refractivity contribution in [3.8, 4) is 0 Å². The lowest BCUT2D eigenvalue weighted by Crippen LogP contribution is -2.39. The molecule has 2 aromatic rings. The van der Waals surface area contributed by atoms with Crippen molar-refractivity contribution in [1.82, 2.24) is 14.5 Å². The van der Waals surface area contributed by atoms with Crippen molar-refractivity contribution >= 4 is 17.5 Å². The van der Waals surface area contributed by atoms with E-state index < -0.39 is 0 Å². The largest absolute Gasteiger partial charge is 0.337 e. The van der Waals surface area contributed by atoms with Crippen molar-refractivity contribution in [3.05, 3.63) is 47.0 Å². The lowest BCUT2D eigenvalue weighted by molar-refractivity contribution is 0.0676. The third-order valence-corrected chi connectivity index (χ3v) is 6.09. The molecule has 1 atom stereocenters. The van der Waals surface area contributed by atoms with Crippen LogP contribution < -0.4 is 5.32 Å². The van der Waals surface area contributed by atoms with E-state index in [1.807, 2.05) is 33.7 Å². The molecule has 1 N–H and O–H groups in total. The van der Waals surface area contributed by atoms with E-state index in [0.29, 0.717) is 17.4 Å². The summed E-state index contributed by atoms with van der Waals surface area (Å²) in [5, 5.41) is 2.95. The fourth-order valence-corrected chi connectivity index (χ4v) is 4.42. The molecule has 1 aromatic heterocycles. The van der Waals surface area contributed by atoms with Crippen LogP contribution in [0.15, 0.2) is 24.3 Å². The van der Waals surface area contributed by atoms with Crippen LogP contribution in [-0.4, -0.2) is 39.4 Å². The number of aromatic nitrogens is 2. The second-order valence-electron chi connectivity index (χ2n) is 8.34. The molecule has 0 bridgehead atoms. The van der Waals surface area contributed by atoms with Crippen LogP contribution in [0.2, 0.25) is 0 Å². The normalized spacial score (nSPS) is 19.0. The standard InChI is InChI=1S/C23H30N4O2/c1-3-17-9-11-18(12-10-17)24-22(28)21-25-20(19-8-4-5-14-27(19)21)23(29)26-13-6-7-16(2)15-26/h9-12,16H,3-8,13-15H2,1-2H3,(H,24,28). The van der Waals surface area contributed by atoms with Crippen molar-refractivity contribution in [1.29, 1.82) is 0 Å². The Morgan fingerprint density at radius 2 is 1.93 bits per heavy atom. The first kappa shape index (κ1) is 19.7. The van der Waals surface area contributed by atoms with E-state index >= 15 is 0 Å². The molecular formula is C23H30N4O2. The number of nitrogens with zero attached hydrogens (tertiary/aromatic N) is 3. The highest BCUT2D eigenvalue weighted by molar-refractivity contribution is 6.03. The maximum atomic E-state index is 13.2. The second kappa shape index (κ2) is 8.39. The van der Waals surface area contributed by atoms with Gasteiger partial charge in [0.2, 0.25) is 0 Å². The van der Waals surface area contributed by atoms with Gasteiger partial charge in [-0.1, -0.05) is 26.0 Å². The van der Waals surface area contributed by atoms with Gasteiger partial charge in [0.1, 0.15) is 5.69 Å². The minimum Gasteiger partial charge on any atom is -0.337 e. The molecule has 1 aromatic carbocycles. The summed E-state index contributed by atoms with van der Waals surface area (Å²) in [5.74, 6) is 0.602. The van der Waals surface area contributed by atoms with Crippen LogP contribution in [0.1, 0.15) is 71.9 Å². The molecule has 0 saturated carbocycles. The summed E-state index contributed by atoms with van der Waals surface area (Å²) in [5.41, 5.74) is 3.37. The van der Waals surface area contributed by atoms with Gasteiger partial charge in [-0.15, -0.1) is 0 Å². The third kappa shape index (κ3) is 4.07. The molecule has 6 nitrogen and oxygen atoms in total. The molecule has 4 rings (SSSR count). The maximum absolute atomic E-state index is 13.2. The molecule has 29 heavy (non-hydrogen) atoms. The molecule has 2 amide bonds. The Morgan fingerprint density at radius 1 is 1.14 bits per heavy atom. The fraction of sp³-hybridized carbons (Fsp3) is 0.522. The van der Waals surface area contributed by atoms with Gasteiger partial charge in [0.25, 0.3) is 11.8 Å².